The van der Waals surface area contributed by atoms with Gasteiger partial charge in [-0.3, -0.25) is 10.1 Å². The van der Waals surface area contributed by atoms with Crippen molar-refractivity contribution in [2.45, 2.75) is 33.0 Å². The molecule has 6 rings (SSSR count). The lowest BCUT2D eigenvalue weighted by Gasteiger charge is -2.12. The number of aromatic nitrogens is 5. The van der Waals surface area contributed by atoms with Gasteiger partial charge in [0.05, 0.1) is 25.1 Å². The van der Waals surface area contributed by atoms with Gasteiger partial charge in [-0.05, 0) is 60.7 Å². The standard InChI is InChI=1S/C29H26N6O/c1-19-5-6-21(14-30-19)8-7-20-3-2-4-23(13-20)28-34-27-18-36-17-26(27)29(35-28)33-25-11-9-22(10-12-25)24-15-31-32-16-24/h2-6,9-16H,7-8,17-18H2,1H3,(H,31,32)(H,33,34,35). The van der Waals surface area contributed by atoms with E-state index in [4.69, 9.17) is 14.7 Å². The molecule has 4 heterocycles. The third kappa shape index (κ3) is 4.74. The molecule has 3 aromatic heterocycles. The van der Waals surface area contributed by atoms with Crippen molar-refractivity contribution in [1.29, 1.82) is 0 Å². The van der Waals surface area contributed by atoms with Crippen molar-refractivity contribution in [3.05, 3.63) is 107 Å². The number of aryl methyl sites for hydroxylation is 3. The fourth-order valence-corrected chi connectivity index (χ4v) is 4.38. The van der Waals surface area contributed by atoms with E-state index in [1.165, 1.54) is 11.1 Å². The van der Waals surface area contributed by atoms with Gasteiger partial charge < -0.3 is 10.1 Å². The Morgan fingerprint density at radius 2 is 1.75 bits per heavy atom. The number of hydrogen-bond donors (Lipinski definition) is 2. The van der Waals surface area contributed by atoms with Gasteiger partial charge in [0.2, 0.25) is 0 Å². The van der Waals surface area contributed by atoms with Crippen LogP contribution in [0.4, 0.5) is 11.5 Å². The molecule has 0 saturated heterocycles. The van der Waals surface area contributed by atoms with E-state index in [0.717, 1.165) is 58.0 Å². The number of H-pyrrole nitrogens is 1. The van der Waals surface area contributed by atoms with E-state index in [-0.39, 0.29) is 0 Å². The van der Waals surface area contributed by atoms with Crippen LogP contribution in [-0.2, 0) is 30.8 Å². The second-order valence-corrected chi connectivity index (χ2v) is 9.01. The van der Waals surface area contributed by atoms with Crippen LogP contribution in [0.15, 0.2) is 79.3 Å². The van der Waals surface area contributed by atoms with E-state index in [9.17, 15) is 0 Å². The van der Waals surface area contributed by atoms with Gasteiger partial charge in [-0.2, -0.15) is 5.10 Å². The van der Waals surface area contributed by atoms with Crippen LogP contribution in [0.2, 0.25) is 0 Å². The second kappa shape index (κ2) is 9.71. The van der Waals surface area contributed by atoms with E-state index in [0.29, 0.717) is 19.0 Å². The zero-order valence-electron chi connectivity index (χ0n) is 20.0. The molecule has 0 amide bonds. The minimum absolute atomic E-state index is 0.499. The molecule has 5 aromatic rings. The number of benzene rings is 2. The molecule has 0 saturated carbocycles. The highest BCUT2D eigenvalue weighted by molar-refractivity contribution is 5.69. The van der Waals surface area contributed by atoms with E-state index < -0.39 is 0 Å². The topological polar surface area (TPSA) is 88.6 Å². The smallest absolute Gasteiger partial charge is 0.161 e. The zero-order chi connectivity index (χ0) is 24.3. The van der Waals surface area contributed by atoms with Crippen LogP contribution < -0.4 is 5.32 Å². The van der Waals surface area contributed by atoms with Crippen LogP contribution >= 0.6 is 0 Å². The maximum absolute atomic E-state index is 5.71. The molecular weight excluding hydrogens is 448 g/mol. The minimum atomic E-state index is 0.499. The first kappa shape index (κ1) is 22.1. The van der Waals surface area contributed by atoms with Crippen LogP contribution in [0.1, 0.15) is 28.1 Å². The van der Waals surface area contributed by atoms with Crippen LogP contribution in [-0.4, -0.2) is 25.1 Å². The number of anilines is 2. The summed E-state index contributed by atoms with van der Waals surface area (Å²) in [6.07, 6.45) is 7.53. The first-order valence-corrected chi connectivity index (χ1v) is 12.1. The molecule has 0 unspecified atom stereocenters. The third-order valence-electron chi connectivity index (χ3n) is 6.42. The third-order valence-corrected chi connectivity index (χ3v) is 6.42. The van der Waals surface area contributed by atoms with Crippen molar-refractivity contribution >= 4 is 11.5 Å². The number of hydrogen-bond acceptors (Lipinski definition) is 6. The predicted molar refractivity (Wildman–Crippen MR) is 140 cm³/mol. The summed E-state index contributed by atoms with van der Waals surface area (Å²) < 4.78 is 5.71. The molecule has 0 spiro atoms. The second-order valence-electron chi connectivity index (χ2n) is 9.01. The zero-order valence-corrected chi connectivity index (χ0v) is 20.0. The van der Waals surface area contributed by atoms with Crippen molar-refractivity contribution in [3.63, 3.8) is 0 Å². The highest BCUT2D eigenvalue weighted by Crippen LogP contribution is 2.31. The summed E-state index contributed by atoms with van der Waals surface area (Å²) >= 11 is 0. The molecule has 2 N–H and O–H groups in total. The van der Waals surface area contributed by atoms with Crippen LogP contribution in [0.5, 0.6) is 0 Å². The lowest BCUT2D eigenvalue weighted by molar-refractivity contribution is 0.133. The number of fused-ring (bicyclic) bond motifs is 1. The Morgan fingerprint density at radius 1 is 0.861 bits per heavy atom. The van der Waals surface area contributed by atoms with Crippen molar-refractivity contribution in [1.82, 2.24) is 25.1 Å². The van der Waals surface area contributed by atoms with Crippen LogP contribution in [0.25, 0.3) is 22.5 Å². The molecule has 178 valence electrons. The summed E-state index contributed by atoms with van der Waals surface area (Å²) in [7, 11) is 0. The number of ether oxygens (including phenoxy) is 1. The summed E-state index contributed by atoms with van der Waals surface area (Å²) in [6.45, 7) is 3.02. The summed E-state index contributed by atoms with van der Waals surface area (Å²) in [6, 6.07) is 20.9. The number of rotatable bonds is 7. The lowest BCUT2D eigenvalue weighted by Crippen LogP contribution is -2.04. The minimum Gasteiger partial charge on any atom is -0.370 e. The van der Waals surface area contributed by atoms with Gasteiger partial charge in [-0.25, -0.2) is 9.97 Å². The number of nitrogens with zero attached hydrogens (tertiary/aromatic N) is 4. The largest absolute Gasteiger partial charge is 0.370 e. The van der Waals surface area contributed by atoms with Crippen molar-refractivity contribution in [2.24, 2.45) is 0 Å². The molecule has 7 nitrogen and oxygen atoms in total. The summed E-state index contributed by atoms with van der Waals surface area (Å²) in [5.74, 6) is 1.50. The Labute approximate surface area is 209 Å². The molecule has 0 aliphatic carbocycles. The molecule has 7 heteroatoms. The van der Waals surface area contributed by atoms with Gasteiger partial charge in [0, 0.05) is 40.5 Å². The molecule has 0 atom stereocenters. The van der Waals surface area contributed by atoms with E-state index in [1.54, 1.807) is 0 Å². The molecule has 0 fully saturated rings. The Balaban J connectivity index is 1.25. The molecule has 0 radical (unpaired) electrons. The first-order chi connectivity index (χ1) is 17.7. The van der Waals surface area contributed by atoms with Gasteiger partial charge in [0.1, 0.15) is 5.82 Å². The number of nitrogens with one attached hydrogen (secondary N) is 2. The van der Waals surface area contributed by atoms with Gasteiger partial charge in [-0.15, -0.1) is 0 Å². The fraction of sp³-hybridized carbons (Fsp3) is 0.172. The molecule has 1 aliphatic rings. The van der Waals surface area contributed by atoms with Crippen molar-refractivity contribution in [3.8, 4) is 22.5 Å². The molecule has 2 aromatic carbocycles. The quantitative estimate of drug-likeness (QED) is 0.310. The lowest BCUT2D eigenvalue weighted by atomic mass is 10.0. The van der Waals surface area contributed by atoms with E-state index >= 15 is 0 Å². The predicted octanol–water partition coefficient (Wildman–Crippen LogP) is 5.80. The van der Waals surface area contributed by atoms with Gasteiger partial charge in [0.15, 0.2) is 5.82 Å². The summed E-state index contributed by atoms with van der Waals surface area (Å²) in [5, 5.41) is 10.4. The average molecular weight is 475 g/mol. The maximum atomic E-state index is 5.71. The number of aromatic amines is 1. The Hall–Kier alpha value is -4.36. The van der Waals surface area contributed by atoms with Gasteiger partial charge in [0.25, 0.3) is 0 Å². The molecule has 0 bridgehead atoms. The molecular formula is C29H26N6O. The highest BCUT2D eigenvalue weighted by Gasteiger charge is 2.21. The molecule has 36 heavy (non-hydrogen) atoms. The summed E-state index contributed by atoms with van der Waals surface area (Å²) in [4.78, 5) is 14.2. The van der Waals surface area contributed by atoms with Gasteiger partial charge in [-0.1, -0.05) is 36.4 Å². The fourth-order valence-electron chi connectivity index (χ4n) is 4.38. The summed E-state index contributed by atoms with van der Waals surface area (Å²) in [5.41, 5.74) is 9.60. The molecule has 1 aliphatic heterocycles. The van der Waals surface area contributed by atoms with Crippen LogP contribution in [0.3, 0.4) is 0 Å². The van der Waals surface area contributed by atoms with Crippen LogP contribution in [0, 0.1) is 6.92 Å². The normalized spacial score (nSPS) is 12.5. The van der Waals surface area contributed by atoms with E-state index in [1.807, 2.05) is 37.6 Å². The SMILES string of the molecule is Cc1ccc(CCc2cccc(-c3nc4c(c(Nc5ccc(-c6cn[nH]c6)cc5)n3)COC4)c2)cn1. The number of pyridine rings is 1. The maximum Gasteiger partial charge on any atom is 0.161 e. The highest BCUT2D eigenvalue weighted by atomic mass is 16.5. The van der Waals surface area contributed by atoms with Crippen molar-refractivity contribution in [2.75, 3.05) is 5.32 Å². The average Bonchev–Trinajstić information content (AvgIpc) is 3.62. The van der Waals surface area contributed by atoms with Crippen molar-refractivity contribution < 1.29 is 4.74 Å². The first-order valence-electron chi connectivity index (χ1n) is 12.1. The van der Waals surface area contributed by atoms with E-state index in [2.05, 4.69) is 69.0 Å². The van der Waals surface area contributed by atoms with Gasteiger partial charge >= 0.3 is 0 Å². The Kier molecular flexibility index (Phi) is 5.97. The Bertz CT molecular complexity index is 1480. The Morgan fingerprint density at radius 3 is 2.56 bits per heavy atom. The monoisotopic (exact) mass is 474 g/mol.